The van der Waals surface area contributed by atoms with Gasteiger partial charge in [0.25, 0.3) is 0 Å². The van der Waals surface area contributed by atoms with Gasteiger partial charge < -0.3 is 14.6 Å². The fraction of sp³-hybridized carbons (Fsp3) is 0.562. The highest BCUT2D eigenvalue weighted by atomic mass is 16.3. The van der Waals surface area contributed by atoms with Crippen molar-refractivity contribution in [2.45, 2.75) is 45.8 Å². The largest absolute Gasteiger partial charge is 0.464 e. The fourth-order valence-corrected chi connectivity index (χ4v) is 2.86. The number of carbonyl (C=O) groups excluding carboxylic acids is 1. The molecule has 0 aromatic carbocycles. The van der Waals surface area contributed by atoms with Crippen LogP contribution in [0.15, 0.2) is 16.5 Å². The third kappa shape index (κ3) is 3.79. The molecule has 2 aromatic rings. The van der Waals surface area contributed by atoms with Crippen molar-refractivity contribution in [3.05, 3.63) is 35.3 Å². The van der Waals surface area contributed by atoms with Crippen LogP contribution in [0.2, 0.25) is 0 Å². The number of hydrogen-bond donors (Lipinski definition) is 1. The van der Waals surface area contributed by atoms with Crippen LogP contribution in [0.5, 0.6) is 0 Å². The number of amides is 1. The molecule has 0 radical (unpaired) electrons. The van der Waals surface area contributed by atoms with E-state index in [0.717, 1.165) is 42.6 Å². The molecule has 23 heavy (non-hydrogen) atoms. The van der Waals surface area contributed by atoms with Crippen LogP contribution >= 0.6 is 0 Å². The minimum absolute atomic E-state index is 0.0552. The van der Waals surface area contributed by atoms with Gasteiger partial charge in [0.2, 0.25) is 5.91 Å². The summed E-state index contributed by atoms with van der Waals surface area (Å²) in [5.74, 6) is 3.57. The van der Waals surface area contributed by atoms with Crippen molar-refractivity contribution in [3.8, 4) is 0 Å². The Morgan fingerprint density at radius 3 is 3.04 bits per heavy atom. The van der Waals surface area contributed by atoms with E-state index < -0.39 is 0 Å². The second-order valence-electron chi connectivity index (χ2n) is 6.14. The van der Waals surface area contributed by atoms with Crippen molar-refractivity contribution in [2.75, 3.05) is 13.6 Å². The second-order valence-corrected chi connectivity index (χ2v) is 6.14. The summed E-state index contributed by atoms with van der Waals surface area (Å²) in [6.07, 6.45) is 1.88. The number of hydrogen-bond acceptors (Lipinski definition) is 5. The molecule has 1 N–H and O–H groups in total. The van der Waals surface area contributed by atoms with Gasteiger partial charge in [-0.05, 0) is 32.4 Å². The Bertz CT molecular complexity index is 690. The molecule has 124 valence electrons. The number of nitrogens with one attached hydrogen (secondary N) is 1. The van der Waals surface area contributed by atoms with Crippen molar-refractivity contribution in [2.24, 2.45) is 0 Å². The number of aromatic nitrogens is 3. The number of aryl methyl sites for hydroxylation is 3. The van der Waals surface area contributed by atoms with E-state index >= 15 is 0 Å². The maximum Gasteiger partial charge on any atom is 0.236 e. The molecule has 0 spiro atoms. The monoisotopic (exact) mass is 317 g/mol. The summed E-state index contributed by atoms with van der Waals surface area (Å²) in [5.41, 5.74) is 0. The summed E-state index contributed by atoms with van der Waals surface area (Å²) < 4.78 is 7.45. The first-order valence-electron chi connectivity index (χ1n) is 7.94. The fourth-order valence-electron chi connectivity index (χ4n) is 2.86. The van der Waals surface area contributed by atoms with E-state index in [1.165, 1.54) is 0 Å². The van der Waals surface area contributed by atoms with Crippen LogP contribution in [-0.2, 0) is 24.3 Å². The number of furan rings is 1. The molecule has 3 heterocycles. The van der Waals surface area contributed by atoms with Gasteiger partial charge >= 0.3 is 0 Å². The predicted octanol–water partition coefficient (Wildman–Crippen LogP) is 1.05. The van der Waals surface area contributed by atoms with Crippen molar-refractivity contribution in [1.82, 2.24) is 25.0 Å². The topological polar surface area (TPSA) is 76.2 Å². The Balaban J connectivity index is 1.47. The molecule has 0 bridgehead atoms. The molecular weight excluding hydrogens is 294 g/mol. The summed E-state index contributed by atoms with van der Waals surface area (Å²) >= 11 is 0. The number of likely N-dealkylation sites (N-methyl/N-ethyl adjacent to an activating group) is 1. The molecule has 0 saturated heterocycles. The average molecular weight is 317 g/mol. The highest BCUT2D eigenvalue weighted by molar-refractivity contribution is 5.77. The van der Waals surface area contributed by atoms with Crippen LogP contribution in [0, 0.1) is 13.8 Å². The lowest BCUT2D eigenvalue weighted by atomic mass is 10.1. The van der Waals surface area contributed by atoms with Crippen LogP contribution in [0.4, 0.5) is 0 Å². The van der Waals surface area contributed by atoms with E-state index in [4.69, 9.17) is 4.42 Å². The van der Waals surface area contributed by atoms with E-state index in [0.29, 0.717) is 13.1 Å². The van der Waals surface area contributed by atoms with Crippen LogP contribution in [-0.4, -0.2) is 45.2 Å². The van der Waals surface area contributed by atoms with Crippen LogP contribution in [0.1, 0.15) is 29.6 Å². The summed E-state index contributed by atoms with van der Waals surface area (Å²) in [6.45, 7) is 5.39. The van der Waals surface area contributed by atoms with Crippen LogP contribution in [0.3, 0.4) is 0 Å². The summed E-state index contributed by atoms with van der Waals surface area (Å²) in [7, 11) is 1.79. The number of fused-ring (bicyclic) bond motifs is 1. The highest BCUT2D eigenvalue weighted by Crippen LogP contribution is 2.13. The van der Waals surface area contributed by atoms with E-state index in [9.17, 15) is 4.79 Å². The number of rotatable bonds is 5. The minimum atomic E-state index is 0.0552. The molecule has 0 aliphatic carbocycles. The number of carbonyl (C=O) groups is 1. The van der Waals surface area contributed by atoms with Crippen molar-refractivity contribution >= 4 is 5.91 Å². The third-order valence-electron chi connectivity index (χ3n) is 4.12. The maximum atomic E-state index is 12.2. The first-order valence-corrected chi connectivity index (χ1v) is 7.94. The molecule has 0 fully saturated rings. The van der Waals surface area contributed by atoms with Crippen molar-refractivity contribution < 1.29 is 9.21 Å². The molecule has 1 aliphatic heterocycles. The lowest BCUT2D eigenvalue weighted by Crippen LogP contribution is -2.43. The van der Waals surface area contributed by atoms with Gasteiger partial charge in [0.1, 0.15) is 23.2 Å². The van der Waals surface area contributed by atoms with E-state index in [1.54, 1.807) is 11.9 Å². The van der Waals surface area contributed by atoms with Gasteiger partial charge in [0, 0.05) is 19.5 Å². The molecule has 0 unspecified atom stereocenters. The third-order valence-corrected chi connectivity index (χ3v) is 4.12. The minimum Gasteiger partial charge on any atom is -0.464 e. The molecule has 1 amide bonds. The first-order chi connectivity index (χ1) is 11.0. The predicted molar refractivity (Wildman–Crippen MR) is 84.8 cm³/mol. The molecule has 7 nitrogen and oxygen atoms in total. The zero-order valence-corrected chi connectivity index (χ0v) is 13.9. The van der Waals surface area contributed by atoms with Gasteiger partial charge in [-0.3, -0.25) is 4.79 Å². The molecule has 7 heteroatoms. The van der Waals surface area contributed by atoms with Gasteiger partial charge in [-0.25, -0.2) is 9.67 Å². The van der Waals surface area contributed by atoms with Gasteiger partial charge in [-0.15, -0.1) is 0 Å². The molecule has 3 rings (SSSR count). The maximum absolute atomic E-state index is 12.2. The quantitative estimate of drug-likeness (QED) is 0.892. The second kappa shape index (κ2) is 6.54. The summed E-state index contributed by atoms with van der Waals surface area (Å²) in [4.78, 5) is 18.3. The Labute approximate surface area is 135 Å². The summed E-state index contributed by atoms with van der Waals surface area (Å²) in [5, 5.41) is 7.71. The van der Waals surface area contributed by atoms with Gasteiger partial charge in [-0.2, -0.15) is 5.10 Å². The lowest BCUT2D eigenvalue weighted by molar-refractivity contribution is -0.129. The SMILES string of the molecule is Cc1nc2n(n1)C[C@@H](NCC(=O)N(C)Cc1ccc(C)o1)CC2. The average Bonchev–Trinajstić information content (AvgIpc) is 3.08. The molecule has 1 atom stereocenters. The zero-order chi connectivity index (χ0) is 16.4. The molecule has 2 aromatic heterocycles. The van der Waals surface area contributed by atoms with Crippen LogP contribution < -0.4 is 5.32 Å². The van der Waals surface area contributed by atoms with Crippen molar-refractivity contribution in [3.63, 3.8) is 0 Å². The molecular formula is C16H23N5O2. The lowest BCUT2D eigenvalue weighted by Gasteiger charge is -2.24. The highest BCUT2D eigenvalue weighted by Gasteiger charge is 2.21. The van der Waals surface area contributed by atoms with Crippen LogP contribution in [0.25, 0.3) is 0 Å². The molecule has 0 saturated carbocycles. The van der Waals surface area contributed by atoms with E-state index in [1.807, 2.05) is 30.7 Å². The normalized spacial score (nSPS) is 17.1. The van der Waals surface area contributed by atoms with Gasteiger partial charge in [0.15, 0.2) is 0 Å². The Hall–Kier alpha value is -2.15. The van der Waals surface area contributed by atoms with Gasteiger partial charge in [-0.1, -0.05) is 0 Å². The standard InChI is InChI=1S/C16H23N5O2/c1-11-4-6-14(23-11)10-20(3)16(22)8-17-13-5-7-15-18-12(2)19-21(15)9-13/h4,6,13,17H,5,7-10H2,1-3H3/t13-/m0/s1. The number of nitrogens with zero attached hydrogens (tertiary/aromatic N) is 4. The summed E-state index contributed by atoms with van der Waals surface area (Å²) in [6, 6.07) is 4.07. The van der Waals surface area contributed by atoms with E-state index in [-0.39, 0.29) is 11.9 Å². The van der Waals surface area contributed by atoms with Crippen molar-refractivity contribution in [1.29, 1.82) is 0 Å². The first kappa shape index (κ1) is 15.7. The van der Waals surface area contributed by atoms with Gasteiger partial charge in [0.05, 0.1) is 19.6 Å². The Kier molecular flexibility index (Phi) is 4.47. The van der Waals surface area contributed by atoms with E-state index in [2.05, 4.69) is 15.4 Å². The zero-order valence-electron chi connectivity index (χ0n) is 13.9. The molecule has 1 aliphatic rings. The Morgan fingerprint density at radius 1 is 1.48 bits per heavy atom. The smallest absolute Gasteiger partial charge is 0.236 e. The Morgan fingerprint density at radius 2 is 2.30 bits per heavy atom.